The Morgan fingerprint density at radius 1 is 1.00 bits per heavy atom. The Morgan fingerprint density at radius 2 is 1.66 bits per heavy atom. The summed E-state index contributed by atoms with van der Waals surface area (Å²) in [6, 6.07) is 12.7. The molecule has 9 nitrogen and oxygen atoms in total. The highest BCUT2D eigenvalue weighted by Crippen LogP contribution is 2.32. The molecule has 0 aliphatic carbocycles. The first-order chi connectivity index (χ1) is 16.7. The van der Waals surface area contributed by atoms with Gasteiger partial charge in [-0.1, -0.05) is 0 Å². The zero-order valence-corrected chi connectivity index (χ0v) is 20.8. The van der Waals surface area contributed by atoms with Crippen molar-refractivity contribution in [3.05, 3.63) is 53.6 Å². The monoisotopic (exact) mass is 486 g/mol. The molecular weight excluding hydrogens is 452 g/mol. The van der Waals surface area contributed by atoms with Crippen LogP contribution < -0.4 is 14.5 Å². The highest BCUT2D eigenvalue weighted by atomic mass is 16.6. The van der Waals surface area contributed by atoms with Crippen LogP contribution in [0.15, 0.2) is 42.5 Å². The van der Waals surface area contributed by atoms with E-state index in [1.807, 2.05) is 39.0 Å². The molecule has 190 valence electrons. The SMILES string of the molecule is CN(C(=O)OC(C)(C)C)c1ccc(N2Cc3cc(OCCOCCOCCO)ccc3C2=O)cc1. The van der Waals surface area contributed by atoms with Crippen LogP contribution in [0.3, 0.4) is 0 Å². The summed E-state index contributed by atoms with van der Waals surface area (Å²) in [5, 5.41) is 8.65. The van der Waals surface area contributed by atoms with E-state index in [2.05, 4.69) is 0 Å². The summed E-state index contributed by atoms with van der Waals surface area (Å²) in [5.74, 6) is 0.596. The zero-order chi connectivity index (χ0) is 25.4. The first-order valence-corrected chi connectivity index (χ1v) is 11.6. The second-order valence-corrected chi connectivity index (χ2v) is 9.06. The summed E-state index contributed by atoms with van der Waals surface area (Å²) in [6.07, 6.45) is -0.442. The average molecular weight is 487 g/mol. The van der Waals surface area contributed by atoms with Crippen LogP contribution in [-0.4, -0.2) is 69.4 Å². The van der Waals surface area contributed by atoms with Gasteiger partial charge < -0.3 is 29.0 Å². The quantitative estimate of drug-likeness (QED) is 0.485. The molecule has 0 aromatic heterocycles. The molecule has 9 heteroatoms. The van der Waals surface area contributed by atoms with Crippen molar-refractivity contribution >= 4 is 23.4 Å². The van der Waals surface area contributed by atoms with Crippen molar-refractivity contribution in [3.63, 3.8) is 0 Å². The molecule has 2 amide bonds. The summed E-state index contributed by atoms with van der Waals surface area (Å²) >= 11 is 0. The van der Waals surface area contributed by atoms with Crippen LogP contribution in [0, 0.1) is 0 Å². The van der Waals surface area contributed by atoms with E-state index in [1.54, 1.807) is 36.2 Å². The number of amides is 2. The van der Waals surface area contributed by atoms with Crippen molar-refractivity contribution in [1.29, 1.82) is 0 Å². The van der Waals surface area contributed by atoms with Gasteiger partial charge in [-0.05, 0) is 68.8 Å². The van der Waals surface area contributed by atoms with Crippen LogP contribution in [0.25, 0.3) is 0 Å². The fourth-order valence-corrected chi connectivity index (χ4v) is 3.49. The Morgan fingerprint density at radius 3 is 2.31 bits per heavy atom. The Bertz CT molecular complexity index is 1000. The van der Waals surface area contributed by atoms with Crippen molar-refractivity contribution < 1.29 is 33.6 Å². The first-order valence-electron chi connectivity index (χ1n) is 11.6. The average Bonchev–Trinajstić information content (AvgIpc) is 3.15. The van der Waals surface area contributed by atoms with E-state index in [1.165, 1.54) is 4.90 Å². The van der Waals surface area contributed by atoms with E-state index in [0.717, 1.165) is 11.3 Å². The van der Waals surface area contributed by atoms with Gasteiger partial charge in [-0.2, -0.15) is 0 Å². The number of aliphatic hydroxyl groups excluding tert-OH is 1. The molecule has 1 N–H and O–H groups in total. The van der Waals surface area contributed by atoms with E-state index < -0.39 is 11.7 Å². The third kappa shape index (κ3) is 7.42. The smallest absolute Gasteiger partial charge is 0.414 e. The summed E-state index contributed by atoms with van der Waals surface area (Å²) in [5.41, 5.74) is 2.37. The second kappa shape index (κ2) is 12.0. The summed E-state index contributed by atoms with van der Waals surface area (Å²) in [6.45, 7) is 7.85. The van der Waals surface area contributed by atoms with Gasteiger partial charge in [0.25, 0.3) is 5.91 Å². The number of anilines is 2. The lowest BCUT2D eigenvalue weighted by atomic mass is 10.1. The van der Waals surface area contributed by atoms with Gasteiger partial charge >= 0.3 is 6.09 Å². The number of hydrogen-bond donors (Lipinski definition) is 1. The molecule has 0 radical (unpaired) electrons. The zero-order valence-electron chi connectivity index (χ0n) is 20.8. The number of carbonyl (C=O) groups excluding carboxylic acids is 2. The number of rotatable bonds is 11. The lowest BCUT2D eigenvalue weighted by Gasteiger charge is -2.25. The molecule has 0 atom stereocenters. The van der Waals surface area contributed by atoms with Gasteiger partial charge in [-0.15, -0.1) is 0 Å². The fourth-order valence-electron chi connectivity index (χ4n) is 3.49. The van der Waals surface area contributed by atoms with Gasteiger partial charge in [0.1, 0.15) is 18.0 Å². The van der Waals surface area contributed by atoms with E-state index in [9.17, 15) is 9.59 Å². The maximum Gasteiger partial charge on any atom is 0.414 e. The van der Waals surface area contributed by atoms with Crippen molar-refractivity contribution in [2.45, 2.75) is 32.9 Å². The minimum atomic E-state index is -0.579. The van der Waals surface area contributed by atoms with Crippen molar-refractivity contribution in [3.8, 4) is 5.75 Å². The van der Waals surface area contributed by atoms with Gasteiger partial charge in [0, 0.05) is 24.0 Å². The molecule has 0 bridgehead atoms. The topological polar surface area (TPSA) is 97.8 Å². The minimum Gasteiger partial charge on any atom is -0.491 e. The third-order valence-electron chi connectivity index (χ3n) is 5.20. The summed E-state index contributed by atoms with van der Waals surface area (Å²) in [7, 11) is 1.65. The van der Waals surface area contributed by atoms with Gasteiger partial charge in [-0.25, -0.2) is 4.79 Å². The fraction of sp³-hybridized carbons (Fsp3) is 0.462. The van der Waals surface area contributed by atoms with Crippen LogP contribution in [0.5, 0.6) is 5.75 Å². The van der Waals surface area contributed by atoms with Crippen LogP contribution >= 0.6 is 0 Å². The standard InChI is InChI=1S/C26H34N2O7/c1-26(2,3)35-25(31)27(4)20-5-7-21(8-6-20)28-18-19-17-22(9-10-23(19)24(28)30)34-16-15-33-14-13-32-12-11-29/h5-10,17,29H,11-16,18H2,1-4H3. The molecule has 0 saturated carbocycles. The van der Waals surface area contributed by atoms with Gasteiger partial charge in [-0.3, -0.25) is 9.69 Å². The van der Waals surface area contributed by atoms with Crippen LogP contribution in [0.1, 0.15) is 36.7 Å². The Hall–Kier alpha value is -3.14. The van der Waals surface area contributed by atoms with E-state index in [0.29, 0.717) is 56.6 Å². The molecule has 3 rings (SSSR count). The molecule has 1 aliphatic heterocycles. The van der Waals surface area contributed by atoms with Crippen molar-refractivity contribution in [2.24, 2.45) is 0 Å². The van der Waals surface area contributed by atoms with Crippen LogP contribution in [0.2, 0.25) is 0 Å². The predicted octanol–water partition coefficient (Wildman–Crippen LogP) is 3.62. The summed E-state index contributed by atoms with van der Waals surface area (Å²) < 4.78 is 21.7. The molecule has 2 aromatic rings. The van der Waals surface area contributed by atoms with E-state index >= 15 is 0 Å². The minimum absolute atomic E-state index is 0.00186. The van der Waals surface area contributed by atoms with Crippen LogP contribution in [-0.2, 0) is 20.8 Å². The summed E-state index contributed by atoms with van der Waals surface area (Å²) in [4.78, 5) is 28.4. The molecule has 2 aromatic carbocycles. The maximum atomic E-state index is 13.0. The number of benzene rings is 2. The number of fused-ring (bicyclic) bond motifs is 1. The van der Waals surface area contributed by atoms with Crippen molar-refractivity contribution in [1.82, 2.24) is 0 Å². The maximum absolute atomic E-state index is 13.0. The lowest BCUT2D eigenvalue weighted by Crippen LogP contribution is -2.34. The predicted molar refractivity (Wildman–Crippen MR) is 132 cm³/mol. The number of hydrogen-bond acceptors (Lipinski definition) is 7. The van der Waals surface area contributed by atoms with E-state index in [-0.39, 0.29) is 12.5 Å². The van der Waals surface area contributed by atoms with E-state index in [4.69, 9.17) is 24.1 Å². The van der Waals surface area contributed by atoms with Gasteiger partial charge in [0.2, 0.25) is 0 Å². The normalized spacial score (nSPS) is 13.1. The Kier molecular flexibility index (Phi) is 9.08. The molecule has 0 unspecified atom stereocenters. The number of ether oxygens (including phenoxy) is 4. The Labute approximate surface area is 206 Å². The Balaban J connectivity index is 1.54. The highest BCUT2D eigenvalue weighted by Gasteiger charge is 2.29. The highest BCUT2D eigenvalue weighted by molar-refractivity contribution is 6.10. The number of nitrogens with zero attached hydrogens (tertiary/aromatic N) is 2. The molecule has 0 saturated heterocycles. The van der Waals surface area contributed by atoms with Gasteiger partial charge in [0.15, 0.2) is 0 Å². The molecule has 0 fully saturated rings. The second-order valence-electron chi connectivity index (χ2n) is 9.06. The molecule has 35 heavy (non-hydrogen) atoms. The number of carbonyl (C=O) groups is 2. The molecule has 0 spiro atoms. The lowest BCUT2D eigenvalue weighted by molar-refractivity contribution is 0.0247. The largest absolute Gasteiger partial charge is 0.491 e. The number of aliphatic hydroxyl groups is 1. The van der Waals surface area contributed by atoms with Gasteiger partial charge in [0.05, 0.1) is 39.6 Å². The van der Waals surface area contributed by atoms with Crippen molar-refractivity contribution in [2.75, 3.05) is 56.5 Å². The third-order valence-corrected chi connectivity index (χ3v) is 5.20. The molecular formula is C26H34N2O7. The first kappa shape index (κ1) is 26.5. The molecule has 1 aliphatic rings. The van der Waals surface area contributed by atoms with Crippen LogP contribution in [0.4, 0.5) is 16.2 Å². The molecule has 1 heterocycles.